The van der Waals surface area contributed by atoms with Crippen molar-refractivity contribution in [3.8, 4) is 0 Å². The Morgan fingerprint density at radius 3 is 2.31 bits per heavy atom. The molecule has 0 aliphatic carbocycles. The van der Waals surface area contributed by atoms with Gasteiger partial charge in [0.25, 0.3) is 0 Å². The summed E-state index contributed by atoms with van der Waals surface area (Å²) in [5.41, 5.74) is 2.32. The molecule has 0 saturated carbocycles. The number of benzene rings is 1. The van der Waals surface area contributed by atoms with Gasteiger partial charge in [-0.3, -0.25) is 4.79 Å². The van der Waals surface area contributed by atoms with Crippen LogP contribution in [0.15, 0.2) is 24.3 Å². The summed E-state index contributed by atoms with van der Waals surface area (Å²) in [6, 6.07) is 8.29. The maximum atomic E-state index is 12.1. The molecule has 1 heteroatoms. The first kappa shape index (κ1) is 13.0. The van der Waals surface area contributed by atoms with E-state index in [1.54, 1.807) is 0 Å². The van der Waals surface area contributed by atoms with E-state index in [-0.39, 0.29) is 11.3 Å². The predicted molar refractivity (Wildman–Crippen MR) is 68.5 cm³/mol. The van der Waals surface area contributed by atoms with Crippen molar-refractivity contribution in [1.29, 1.82) is 0 Å². The Balaban J connectivity index is 2.76. The Morgan fingerprint density at radius 1 is 1.25 bits per heavy atom. The Morgan fingerprint density at radius 2 is 1.81 bits per heavy atom. The van der Waals surface area contributed by atoms with E-state index in [1.807, 2.05) is 39.8 Å². The van der Waals surface area contributed by atoms with Gasteiger partial charge in [0.2, 0.25) is 0 Å². The number of aryl methyl sites for hydroxylation is 1. The topological polar surface area (TPSA) is 17.1 Å². The zero-order chi connectivity index (χ0) is 12.3. The molecule has 0 heterocycles. The maximum Gasteiger partial charge on any atom is 0.141 e. The van der Waals surface area contributed by atoms with Crippen LogP contribution in [0, 0.1) is 18.3 Å². The van der Waals surface area contributed by atoms with E-state index < -0.39 is 0 Å². The SMILES string of the molecule is Cc1ccccc1CC(C)C(=O)C(C)(C)C. The molecule has 0 bridgehead atoms. The molecule has 0 N–H and O–H groups in total. The van der Waals surface area contributed by atoms with Gasteiger partial charge in [0.15, 0.2) is 0 Å². The summed E-state index contributed by atoms with van der Waals surface area (Å²) in [4.78, 5) is 12.1. The predicted octanol–water partition coefficient (Wildman–Crippen LogP) is 3.79. The molecule has 1 rings (SSSR count). The molecular formula is C15H22O. The standard InChI is InChI=1S/C15H22O/c1-11-8-6-7-9-13(11)10-12(2)14(16)15(3,4)5/h6-9,12H,10H2,1-5H3. The third-order valence-electron chi connectivity index (χ3n) is 2.97. The van der Waals surface area contributed by atoms with E-state index in [9.17, 15) is 4.79 Å². The molecule has 0 saturated heterocycles. The van der Waals surface area contributed by atoms with Crippen LogP contribution in [0.4, 0.5) is 0 Å². The molecule has 1 atom stereocenters. The quantitative estimate of drug-likeness (QED) is 0.754. The first-order chi connectivity index (χ1) is 7.32. The number of hydrogen-bond donors (Lipinski definition) is 0. The first-order valence-corrected chi connectivity index (χ1v) is 5.91. The van der Waals surface area contributed by atoms with Gasteiger partial charge in [0.1, 0.15) is 5.78 Å². The minimum absolute atomic E-state index is 0.0982. The molecule has 1 aromatic carbocycles. The first-order valence-electron chi connectivity index (χ1n) is 5.91. The second-order valence-electron chi connectivity index (χ2n) is 5.65. The van der Waals surface area contributed by atoms with Crippen LogP contribution in [0.3, 0.4) is 0 Å². The molecule has 0 spiro atoms. The number of rotatable bonds is 3. The molecule has 0 radical (unpaired) electrons. The van der Waals surface area contributed by atoms with Crippen molar-refractivity contribution in [1.82, 2.24) is 0 Å². The summed E-state index contributed by atoms with van der Waals surface area (Å²) < 4.78 is 0. The molecule has 16 heavy (non-hydrogen) atoms. The summed E-state index contributed by atoms with van der Waals surface area (Å²) in [6.45, 7) is 10.1. The average molecular weight is 218 g/mol. The number of carbonyl (C=O) groups is 1. The van der Waals surface area contributed by atoms with Gasteiger partial charge in [-0.25, -0.2) is 0 Å². The van der Waals surface area contributed by atoms with Gasteiger partial charge >= 0.3 is 0 Å². The van der Waals surface area contributed by atoms with Gasteiger partial charge in [0, 0.05) is 11.3 Å². The zero-order valence-electron chi connectivity index (χ0n) is 11.0. The second-order valence-corrected chi connectivity index (χ2v) is 5.65. The van der Waals surface area contributed by atoms with E-state index >= 15 is 0 Å². The highest BCUT2D eigenvalue weighted by Crippen LogP contribution is 2.23. The Kier molecular flexibility index (Phi) is 3.90. The van der Waals surface area contributed by atoms with Crippen molar-refractivity contribution in [3.63, 3.8) is 0 Å². The highest BCUT2D eigenvalue weighted by atomic mass is 16.1. The van der Waals surface area contributed by atoms with Crippen LogP contribution in [0.2, 0.25) is 0 Å². The molecule has 1 aromatic rings. The molecule has 0 amide bonds. The highest BCUT2D eigenvalue weighted by Gasteiger charge is 2.26. The minimum atomic E-state index is -0.234. The van der Waals surface area contributed by atoms with E-state index in [0.717, 1.165) is 6.42 Å². The average Bonchev–Trinajstić information content (AvgIpc) is 2.19. The fourth-order valence-electron chi connectivity index (χ4n) is 2.00. The Labute approximate surface area is 98.9 Å². The summed E-state index contributed by atoms with van der Waals surface area (Å²) in [5.74, 6) is 0.442. The lowest BCUT2D eigenvalue weighted by atomic mass is 9.81. The fraction of sp³-hybridized carbons (Fsp3) is 0.533. The number of hydrogen-bond acceptors (Lipinski definition) is 1. The fourth-order valence-corrected chi connectivity index (χ4v) is 2.00. The van der Waals surface area contributed by atoms with Gasteiger partial charge in [-0.1, -0.05) is 52.0 Å². The van der Waals surface area contributed by atoms with Crippen molar-refractivity contribution >= 4 is 5.78 Å². The summed E-state index contributed by atoms with van der Waals surface area (Å²) in [5, 5.41) is 0. The van der Waals surface area contributed by atoms with Crippen LogP contribution in [0.5, 0.6) is 0 Å². The normalized spacial score (nSPS) is 13.6. The largest absolute Gasteiger partial charge is 0.299 e. The lowest BCUT2D eigenvalue weighted by Gasteiger charge is -2.22. The molecule has 88 valence electrons. The van der Waals surface area contributed by atoms with Gasteiger partial charge in [-0.2, -0.15) is 0 Å². The van der Waals surface area contributed by atoms with Crippen molar-refractivity contribution in [3.05, 3.63) is 35.4 Å². The van der Waals surface area contributed by atoms with E-state index in [4.69, 9.17) is 0 Å². The van der Waals surface area contributed by atoms with E-state index in [0.29, 0.717) is 5.78 Å². The third kappa shape index (κ3) is 3.19. The van der Waals surface area contributed by atoms with Gasteiger partial charge in [0.05, 0.1) is 0 Å². The zero-order valence-corrected chi connectivity index (χ0v) is 11.0. The van der Waals surface area contributed by atoms with E-state index in [1.165, 1.54) is 11.1 Å². The van der Waals surface area contributed by atoms with Crippen LogP contribution in [-0.2, 0) is 11.2 Å². The molecule has 1 unspecified atom stereocenters. The number of Topliss-reactive ketones (excluding diaryl/α,β-unsaturated/α-hetero) is 1. The number of carbonyl (C=O) groups excluding carboxylic acids is 1. The number of ketones is 1. The lowest BCUT2D eigenvalue weighted by Crippen LogP contribution is -2.28. The molecular weight excluding hydrogens is 196 g/mol. The minimum Gasteiger partial charge on any atom is -0.299 e. The van der Waals surface area contributed by atoms with Crippen LogP contribution in [0.25, 0.3) is 0 Å². The third-order valence-corrected chi connectivity index (χ3v) is 2.97. The van der Waals surface area contributed by atoms with Crippen molar-refractivity contribution in [2.75, 3.05) is 0 Å². The van der Waals surface area contributed by atoms with Crippen molar-refractivity contribution in [2.45, 2.75) is 41.0 Å². The van der Waals surface area contributed by atoms with E-state index in [2.05, 4.69) is 19.1 Å². The monoisotopic (exact) mass is 218 g/mol. The lowest BCUT2D eigenvalue weighted by molar-refractivity contribution is -0.129. The molecule has 1 nitrogen and oxygen atoms in total. The van der Waals surface area contributed by atoms with Crippen molar-refractivity contribution < 1.29 is 4.79 Å². The van der Waals surface area contributed by atoms with Gasteiger partial charge in [-0.05, 0) is 24.5 Å². The molecule has 0 aliphatic heterocycles. The smallest absolute Gasteiger partial charge is 0.141 e. The Hall–Kier alpha value is -1.11. The van der Waals surface area contributed by atoms with Crippen LogP contribution in [0.1, 0.15) is 38.8 Å². The van der Waals surface area contributed by atoms with Crippen LogP contribution in [-0.4, -0.2) is 5.78 Å². The van der Waals surface area contributed by atoms with Gasteiger partial charge < -0.3 is 0 Å². The molecule has 0 aliphatic rings. The summed E-state index contributed by atoms with van der Waals surface area (Å²) >= 11 is 0. The van der Waals surface area contributed by atoms with Crippen molar-refractivity contribution in [2.24, 2.45) is 11.3 Å². The summed E-state index contributed by atoms with van der Waals surface area (Å²) in [6.07, 6.45) is 0.850. The summed E-state index contributed by atoms with van der Waals surface area (Å²) in [7, 11) is 0. The Bertz CT molecular complexity index is 371. The van der Waals surface area contributed by atoms with Crippen LogP contribution >= 0.6 is 0 Å². The second kappa shape index (κ2) is 4.82. The molecule has 0 fully saturated rings. The maximum absolute atomic E-state index is 12.1. The van der Waals surface area contributed by atoms with Crippen LogP contribution < -0.4 is 0 Å². The molecule has 0 aromatic heterocycles. The highest BCUT2D eigenvalue weighted by molar-refractivity contribution is 5.85. The van der Waals surface area contributed by atoms with Gasteiger partial charge in [-0.15, -0.1) is 0 Å².